The van der Waals surface area contributed by atoms with Gasteiger partial charge in [-0.05, 0) is 36.4 Å². The second kappa shape index (κ2) is 6.44. The van der Waals surface area contributed by atoms with Gasteiger partial charge in [-0.15, -0.1) is 5.10 Å². The Morgan fingerprint density at radius 3 is 2.43 bits per heavy atom. The van der Waals surface area contributed by atoms with Gasteiger partial charge in [0.25, 0.3) is 5.89 Å². The van der Waals surface area contributed by atoms with E-state index >= 15 is 0 Å². The molecular formula is C17H10F4N6O. The highest BCUT2D eigenvalue weighted by Gasteiger charge is 2.35. The van der Waals surface area contributed by atoms with Gasteiger partial charge in [-0.25, -0.2) is 4.39 Å². The summed E-state index contributed by atoms with van der Waals surface area (Å²) in [5, 5.41) is 11.2. The van der Waals surface area contributed by atoms with E-state index in [1.165, 1.54) is 42.5 Å². The average Bonchev–Trinajstić information content (AvgIpc) is 3.28. The Kier molecular flexibility index (Phi) is 4.06. The molecule has 0 unspecified atom stereocenters. The van der Waals surface area contributed by atoms with Crippen molar-refractivity contribution in [1.29, 1.82) is 0 Å². The van der Waals surface area contributed by atoms with Crippen LogP contribution >= 0.6 is 0 Å². The number of para-hydroxylation sites is 1. The van der Waals surface area contributed by atoms with E-state index in [2.05, 4.69) is 20.5 Å². The highest BCUT2D eigenvalue weighted by molar-refractivity contribution is 5.66. The fourth-order valence-electron chi connectivity index (χ4n) is 2.55. The van der Waals surface area contributed by atoms with Crippen LogP contribution in [0.5, 0.6) is 0 Å². The van der Waals surface area contributed by atoms with E-state index in [-0.39, 0.29) is 28.9 Å². The zero-order chi connectivity index (χ0) is 19.9. The summed E-state index contributed by atoms with van der Waals surface area (Å²) in [5.74, 6) is -0.624. The van der Waals surface area contributed by atoms with Gasteiger partial charge in [0, 0.05) is 5.56 Å². The Bertz CT molecular complexity index is 1130. The fourth-order valence-corrected chi connectivity index (χ4v) is 2.55. The third-order valence-electron chi connectivity index (χ3n) is 3.87. The normalized spacial score (nSPS) is 11.7. The molecule has 2 aromatic carbocycles. The van der Waals surface area contributed by atoms with E-state index in [1.807, 2.05) is 0 Å². The monoisotopic (exact) mass is 390 g/mol. The number of halogens is 4. The van der Waals surface area contributed by atoms with Crippen molar-refractivity contribution < 1.29 is 22.1 Å². The van der Waals surface area contributed by atoms with E-state index in [9.17, 15) is 17.6 Å². The van der Waals surface area contributed by atoms with E-state index in [1.54, 1.807) is 0 Å². The van der Waals surface area contributed by atoms with Crippen molar-refractivity contribution in [3.63, 3.8) is 0 Å². The van der Waals surface area contributed by atoms with E-state index < -0.39 is 17.6 Å². The molecule has 0 saturated heterocycles. The zero-order valence-electron chi connectivity index (χ0n) is 13.9. The SMILES string of the molecule is Nc1c(-c2nc(-c3ccc(F)cc3)no2)nnn1-c1ccccc1C(F)(F)F. The minimum atomic E-state index is -4.60. The molecule has 7 nitrogen and oxygen atoms in total. The van der Waals surface area contributed by atoms with Gasteiger partial charge in [0.2, 0.25) is 5.82 Å². The Labute approximate surface area is 154 Å². The Balaban J connectivity index is 1.74. The largest absolute Gasteiger partial charge is 0.418 e. The van der Waals surface area contributed by atoms with Gasteiger partial charge in [0.05, 0.1) is 11.3 Å². The molecule has 2 heterocycles. The van der Waals surface area contributed by atoms with Gasteiger partial charge in [-0.3, -0.25) is 0 Å². The molecule has 0 aliphatic rings. The fraction of sp³-hybridized carbons (Fsp3) is 0.0588. The molecule has 0 aliphatic heterocycles. The van der Waals surface area contributed by atoms with E-state index in [4.69, 9.17) is 10.3 Å². The number of nitrogens with zero attached hydrogens (tertiary/aromatic N) is 5. The van der Waals surface area contributed by atoms with Crippen molar-refractivity contribution in [1.82, 2.24) is 25.1 Å². The average molecular weight is 390 g/mol. The molecule has 11 heteroatoms. The van der Waals surface area contributed by atoms with Gasteiger partial charge in [0.1, 0.15) is 5.82 Å². The molecule has 2 N–H and O–H groups in total. The molecule has 0 saturated carbocycles. The van der Waals surface area contributed by atoms with Gasteiger partial charge in [-0.1, -0.05) is 22.5 Å². The molecule has 4 rings (SSSR count). The summed E-state index contributed by atoms with van der Waals surface area (Å²) < 4.78 is 58.7. The van der Waals surface area contributed by atoms with E-state index in [0.717, 1.165) is 10.7 Å². The Hall–Kier alpha value is -3.76. The molecule has 0 spiro atoms. The second-order valence-corrected chi connectivity index (χ2v) is 5.68. The minimum Gasteiger partial charge on any atom is -0.382 e. The lowest BCUT2D eigenvalue weighted by molar-refractivity contribution is -0.137. The summed E-state index contributed by atoms with van der Waals surface area (Å²) in [4.78, 5) is 4.10. The maximum absolute atomic E-state index is 13.2. The Morgan fingerprint density at radius 2 is 1.71 bits per heavy atom. The number of anilines is 1. The van der Waals surface area contributed by atoms with Gasteiger partial charge in [0.15, 0.2) is 11.5 Å². The van der Waals surface area contributed by atoms with Gasteiger partial charge < -0.3 is 10.3 Å². The maximum Gasteiger partial charge on any atom is 0.418 e. The second-order valence-electron chi connectivity index (χ2n) is 5.68. The number of alkyl halides is 3. The smallest absolute Gasteiger partial charge is 0.382 e. The van der Waals surface area contributed by atoms with Crippen LogP contribution < -0.4 is 5.73 Å². The topological polar surface area (TPSA) is 95.7 Å². The van der Waals surface area contributed by atoms with Crippen LogP contribution in [0, 0.1) is 5.82 Å². The lowest BCUT2D eigenvalue weighted by Gasteiger charge is -2.12. The van der Waals surface area contributed by atoms with Crippen molar-refractivity contribution in [2.45, 2.75) is 6.18 Å². The molecule has 0 atom stereocenters. The summed E-state index contributed by atoms with van der Waals surface area (Å²) in [6.07, 6.45) is -4.60. The lowest BCUT2D eigenvalue weighted by atomic mass is 10.1. The molecule has 0 radical (unpaired) electrons. The highest BCUT2D eigenvalue weighted by atomic mass is 19.4. The van der Waals surface area contributed by atoms with Crippen molar-refractivity contribution >= 4 is 5.82 Å². The van der Waals surface area contributed by atoms with Crippen LogP contribution in [0.1, 0.15) is 5.56 Å². The number of hydrogen-bond acceptors (Lipinski definition) is 6. The molecule has 0 bridgehead atoms. The predicted molar refractivity (Wildman–Crippen MR) is 89.5 cm³/mol. The molecule has 28 heavy (non-hydrogen) atoms. The summed E-state index contributed by atoms with van der Waals surface area (Å²) in [6.45, 7) is 0. The van der Waals surface area contributed by atoms with Crippen molar-refractivity contribution in [2.24, 2.45) is 0 Å². The van der Waals surface area contributed by atoms with Crippen LogP contribution in [0.3, 0.4) is 0 Å². The van der Waals surface area contributed by atoms with Crippen LogP contribution in [-0.2, 0) is 6.18 Å². The van der Waals surface area contributed by atoms with Crippen LogP contribution in [0.25, 0.3) is 28.7 Å². The molecule has 2 aromatic heterocycles. The zero-order valence-corrected chi connectivity index (χ0v) is 13.9. The highest BCUT2D eigenvalue weighted by Crippen LogP contribution is 2.35. The van der Waals surface area contributed by atoms with Crippen molar-refractivity contribution in [2.75, 3.05) is 5.73 Å². The summed E-state index contributed by atoms with van der Waals surface area (Å²) in [7, 11) is 0. The first-order valence-corrected chi connectivity index (χ1v) is 7.82. The third-order valence-corrected chi connectivity index (χ3v) is 3.87. The molecule has 0 amide bonds. The van der Waals surface area contributed by atoms with Gasteiger partial charge >= 0.3 is 6.18 Å². The molecule has 142 valence electrons. The molecule has 0 fully saturated rings. The first-order valence-electron chi connectivity index (χ1n) is 7.82. The summed E-state index contributed by atoms with van der Waals surface area (Å²) in [6, 6.07) is 10.2. The number of aromatic nitrogens is 5. The standard InChI is InChI=1S/C17H10F4N6O/c18-10-7-5-9(6-8-10)15-23-16(28-25-15)13-14(22)27(26-24-13)12-4-2-1-3-11(12)17(19,20)21/h1-8H,22H2. The number of hydrogen-bond donors (Lipinski definition) is 1. The quantitative estimate of drug-likeness (QED) is 0.536. The predicted octanol–water partition coefficient (Wildman–Crippen LogP) is 3.72. The number of nitrogens with two attached hydrogens (primary N) is 1. The third kappa shape index (κ3) is 3.06. The van der Waals surface area contributed by atoms with E-state index in [0.29, 0.717) is 5.56 Å². The van der Waals surface area contributed by atoms with Crippen molar-refractivity contribution in [3.05, 3.63) is 59.9 Å². The number of rotatable bonds is 3. The summed E-state index contributed by atoms with van der Waals surface area (Å²) >= 11 is 0. The summed E-state index contributed by atoms with van der Waals surface area (Å²) in [5.41, 5.74) is 5.14. The minimum absolute atomic E-state index is 0.0714. The molecule has 0 aliphatic carbocycles. The number of nitrogen functional groups attached to an aromatic ring is 1. The van der Waals surface area contributed by atoms with Crippen LogP contribution in [-0.4, -0.2) is 25.1 Å². The molecular weight excluding hydrogens is 380 g/mol. The van der Waals surface area contributed by atoms with Crippen LogP contribution in [0.15, 0.2) is 53.1 Å². The lowest BCUT2D eigenvalue weighted by Crippen LogP contribution is -2.12. The number of benzene rings is 2. The first-order chi connectivity index (χ1) is 13.3. The van der Waals surface area contributed by atoms with Crippen molar-refractivity contribution in [3.8, 4) is 28.7 Å². The Morgan fingerprint density at radius 1 is 1.00 bits per heavy atom. The molecule has 4 aromatic rings. The van der Waals surface area contributed by atoms with Gasteiger partial charge in [-0.2, -0.15) is 22.8 Å². The van der Waals surface area contributed by atoms with Crippen LogP contribution in [0.4, 0.5) is 23.4 Å². The van der Waals surface area contributed by atoms with Crippen LogP contribution in [0.2, 0.25) is 0 Å². The maximum atomic E-state index is 13.2. The first kappa shape index (κ1) is 17.6.